The fraction of sp³-hybridized carbons (Fsp3) is 0.118. The van der Waals surface area contributed by atoms with Crippen LogP contribution in [0.4, 0.5) is 23.0 Å². The first-order valence-electron chi connectivity index (χ1n) is 7.58. The van der Waals surface area contributed by atoms with Gasteiger partial charge >= 0.3 is 0 Å². The van der Waals surface area contributed by atoms with Crippen molar-refractivity contribution in [1.29, 1.82) is 0 Å². The van der Waals surface area contributed by atoms with E-state index in [0.717, 1.165) is 17.4 Å². The zero-order valence-electron chi connectivity index (χ0n) is 14.0. The average Bonchev–Trinajstić information content (AvgIpc) is 3.05. The van der Waals surface area contributed by atoms with Gasteiger partial charge < -0.3 is 15.5 Å². The Morgan fingerprint density at radius 1 is 1.04 bits per heavy atom. The number of benzene rings is 2. The maximum atomic E-state index is 12.1. The minimum atomic E-state index is -0.0749. The molecule has 1 heterocycles. The van der Waals surface area contributed by atoms with Crippen LogP contribution in [-0.4, -0.2) is 33.6 Å². The molecule has 0 aliphatic carbocycles. The number of halogens is 2. The van der Waals surface area contributed by atoms with Crippen LogP contribution in [0.2, 0.25) is 10.0 Å². The standard InChI is InChI=1S/C17H15Cl2N5OS/c1-24(2)17(25)10-5-3-6-11(9-10)20-15-16(23-26-22-15)21-13-8-4-7-12(18)14(13)19/h3-9H,1-2H3,(H,20,22)(H,21,23). The number of nitrogens with zero attached hydrogens (tertiary/aromatic N) is 3. The molecule has 1 aromatic heterocycles. The highest BCUT2D eigenvalue weighted by molar-refractivity contribution is 6.99. The highest BCUT2D eigenvalue weighted by atomic mass is 35.5. The fourth-order valence-corrected chi connectivity index (χ4v) is 3.02. The molecule has 26 heavy (non-hydrogen) atoms. The molecule has 3 aromatic rings. The smallest absolute Gasteiger partial charge is 0.253 e. The van der Waals surface area contributed by atoms with E-state index >= 15 is 0 Å². The molecule has 0 saturated carbocycles. The van der Waals surface area contributed by atoms with Crippen LogP contribution in [-0.2, 0) is 0 Å². The minimum absolute atomic E-state index is 0.0749. The van der Waals surface area contributed by atoms with Crippen LogP contribution in [0.15, 0.2) is 42.5 Å². The monoisotopic (exact) mass is 407 g/mol. The van der Waals surface area contributed by atoms with Crippen molar-refractivity contribution in [3.05, 3.63) is 58.1 Å². The number of anilines is 4. The summed E-state index contributed by atoms with van der Waals surface area (Å²) in [7, 11) is 3.42. The normalized spacial score (nSPS) is 10.5. The molecule has 3 rings (SSSR count). The third-order valence-corrected chi connectivity index (χ3v) is 4.82. The molecule has 0 aliphatic rings. The van der Waals surface area contributed by atoms with Gasteiger partial charge in [-0.1, -0.05) is 35.3 Å². The maximum absolute atomic E-state index is 12.1. The average molecular weight is 408 g/mol. The van der Waals surface area contributed by atoms with Crippen LogP contribution >= 0.6 is 34.9 Å². The second kappa shape index (κ2) is 7.90. The second-order valence-electron chi connectivity index (χ2n) is 5.59. The van der Waals surface area contributed by atoms with Crippen molar-refractivity contribution < 1.29 is 4.79 Å². The van der Waals surface area contributed by atoms with Gasteiger partial charge in [-0.25, -0.2) is 0 Å². The third kappa shape index (κ3) is 4.07. The van der Waals surface area contributed by atoms with Crippen molar-refractivity contribution in [2.75, 3.05) is 24.7 Å². The Kier molecular flexibility index (Phi) is 5.61. The van der Waals surface area contributed by atoms with Crippen LogP contribution in [0.25, 0.3) is 0 Å². The summed E-state index contributed by atoms with van der Waals surface area (Å²) in [6, 6.07) is 12.5. The summed E-state index contributed by atoms with van der Waals surface area (Å²) in [5.41, 5.74) is 1.94. The molecule has 0 aliphatic heterocycles. The molecule has 0 spiro atoms. The Labute approximate surface area is 165 Å². The van der Waals surface area contributed by atoms with Crippen LogP contribution in [0, 0.1) is 0 Å². The van der Waals surface area contributed by atoms with Crippen molar-refractivity contribution in [3.8, 4) is 0 Å². The van der Waals surface area contributed by atoms with Crippen molar-refractivity contribution >= 4 is 63.8 Å². The van der Waals surface area contributed by atoms with Crippen molar-refractivity contribution in [3.63, 3.8) is 0 Å². The molecule has 2 N–H and O–H groups in total. The Morgan fingerprint density at radius 2 is 1.73 bits per heavy atom. The largest absolute Gasteiger partial charge is 0.345 e. The predicted octanol–water partition coefficient (Wildman–Crippen LogP) is 5.03. The summed E-state index contributed by atoms with van der Waals surface area (Å²) in [6.45, 7) is 0. The first kappa shape index (κ1) is 18.4. The van der Waals surface area contributed by atoms with Crippen molar-refractivity contribution in [1.82, 2.24) is 13.6 Å². The van der Waals surface area contributed by atoms with E-state index in [-0.39, 0.29) is 5.91 Å². The zero-order valence-corrected chi connectivity index (χ0v) is 16.3. The summed E-state index contributed by atoms with van der Waals surface area (Å²) in [4.78, 5) is 13.6. The van der Waals surface area contributed by atoms with Gasteiger partial charge in [0.2, 0.25) is 0 Å². The fourth-order valence-electron chi connectivity index (χ4n) is 2.21. The van der Waals surface area contributed by atoms with Crippen LogP contribution in [0.3, 0.4) is 0 Å². The van der Waals surface area contributed by atoms with Gasteiger partial charge in [0.15, 0.2) is 11.6 Å². The topological polar surface area (TPSA) is 70.2 Å². The lowest BCUT2D eigenvalue weighted by atomic mass is 10.2. The van der Waals surface area contributed by atoms with Crippen molar-refractivity contribution in [2.24, 2.45) is 0 Å². The molecule has 6 nitrogen and oxygen atoms in total. The van der Waals surface area contributed by atoms with Gasteiger partial charge in [-0.15, -0.1) is 0 Å². The quantitative estimate of drug-likeness (QED) is 0.620. The number of aromatic nitrogens is 2. The first-order valence-corrected chi connectivity index (χ1v) is 9.06. The lowest BCUT2D eigenvalue weighted by molar-refractivity contribution is 0.0827. The predicted molar refractivity (Wildman–Crippen MR) is 107 cm³/mol. The van der Waals surface area contributed by atoms with Gasteiger partial charge in [-0.05, 0) is 30.3 Å². The lowest BCUT2D eigenvalue weighted by Gasteiger charge is -2.12. The third-order valence-electron chi connectivity index (χ3n) is 3.47. The van der Waals surface area contributed by atoms with Gasteiger partial charge in [0.25, 0.3) is 5.91 Å². The van der Waals surface area contributed by atoms with Gasteiger partial charge in [-0.2, -0.15) is 8.75 Å². The van der Waals surface area contributed by atoms with Crippen LogP contribution < -0.4 is 10.6 Å². The lowest BCUT2D eigenvalue weighted by Crippen LogP contribution is -2.21. The van der Waals surface area contributed by atoms with Crippen molar-refractivity contribution in [2.45, 2.75) is 0 Å². The summed E-state index contributed by atoms with van der Waals surface area (Å²) in [6.07, 6.45) is 0. The molecule has 0 bridgehead atoms. The molecule has 0 unspecified atom stereocenters. The molecule has 134 valence electrons. The Hall–Kier alpha value is -2.35. The summed E-state index contributed by atoms with van der Waals surface area (Å²) in [5, 5.41) is 7.15. The van der Waals surface area contributed by atoms with E-state index in [4.69, 9.17) is 23.2 Å². The van der Waals surface area contributed by atoms with E-state index in [2.05, 4.69) is 19.4 Å². The van der Waals surface area contributed by atoms with E-state index in [1.807, 2.05) is 6.07 Å². The number of amides is 1. The van der Waals surface area contributed by atoms with Gasteiger partial charge in [0.05, 0.1) is 27.5 Å². The Morgan fingerprint density at radius 3 is 2.46 bits per heavy atom. The summed E-state index contributed by atoms with van der Waals surface area (Å²) >= 11 is 13.3. The first-order chi connectivity index (χ1) is 12.5. The zero-order chi connectivity index (χ0) is 18.7. The second-order valence-corrected chi connectivity index (χ2v) is 6.91. The van der Waals surface area contributed by atoms with Gasteiger partial charge in [0, 0.05) is 25.3 Å². The summed E-state index contributed by atoms with van der Waals surface area (Å²) in [5.74, 6) is 0.970. The highest BCUT2D eigenvalue weighted by Gasteiger charge is 2.13. The number of rotatable bonds is 5. The molecular weight excluding hydrogens is 393 g/mol. The van der Waals surface area contributed by atoms with Crippen LogP contribution in [0.1, 0.15) is 10.4 Å². The number of hydrogen-bond donors (Lipinski definition) is 2. The highest BCUT2D eigenvalue weighted by Crippen LogP contribution is 2.34. The Balaban J connectivity index is 1.82. The van der Waals surface area contributed by atoms with E-state index in [0.29, 0.717) is 32.9 Å². The molecule has 0 fully saturated rings. The Bertz CT molecular complexity index is 944. The molecule has 9 heteroatoms. The maximum Gasteiger partial charge on any atom is 0.253 e. The number of hydrogen-bond acceptors (Lipinski definition) is 6. The van der Waals surface area contributed by atoms with E-state index in [1.165, 1.54) is 4.90 Å². The molecule has 0 radical (unpaired) electrons. The number of nitrogens with one attached hydrogen (secondary N) is 2. The number of carbonyl (C=O) groups excluding carboxylic acids is 1. The van der Waals surface area contributed by atoms with E-state index in [9.17, 15) is 4.79 Å². The van der Waals surface area contributed by atoms with Gasteiger partial charge in [-0.3, -0.25) is 4.79 Å². The molecule has 0 saturated heterocycles. The minimum Gasteiger partial charge on any atom is -0.345 e. The van der Waals surface area contributed by atoms with Crippen LogP contribution in [0.5, 0.6) is 0 Å². The molecular formula is C17H15Cl2N5OS. The van der Waals surface area contributed by atoms with E-state index < -0.39 is 0 Å². The molecule has 1 amide bonds. The van der Waals surface area contributed by atoms with Gasteiger partial charge in [0.1, 0.15) is 0 Å². The summed E-state index contributed by atoms with van der Waals surface area (Å²) < 4.78 is 8.50. The molecule has 2 aromatic carbocycles. The SMILES string of the molecule is CN(C)C(=O)c1cccc(Nc2nsnc2Nc2cccc(Cl)c2Cl)c1. The van der Waals surface area contributed by atoms with E-state index in [1.54, 1.807) is 50.5 Å². The molecule has 0 atom stereocenters. The number of carbonyl (C=O) groups is 1.